The molecule has 0 radical (unpaired) electrons. The maximum Gasteiger partial charge on any atom is 0.145 e. The van der Waals surface area contributed by atoms with Crippen LogP contribution >= 0.6 is 11.6 Å². The normalized spacial score (nSPS) is 10.3. The Hall–Kier alpha value is -1.58. The van der Waals surface area contributed by atoms with Crippen LogP contribution in [0.4, 0.5) is 0 Å². The molecule has 1 heterocycles. The van der Waals surface area contributed by atoms with E-state index in [1.807, 2.05) is 31.2 Å². The molecule has 0 unspecified atom stereocenters. The molecule has 0 atom stereocenters. The fourth-order valence-electron chi connectivity index (χ4n) is 1.40. The molecular weight excluding hydrogens is 236 g/mol. The van der Waals surface area contributed by atoms with E-state index in [2.05, 4.69) is 4.98 Å². The number of hydrogen-bond donors (Lipinski definition) is 1. The van der Waals surface area contributed by atoms with E-state index in [1.165, 1.54) is 0 Å². The minimum absolute atomic E-state index is 0.427. The summed E-state index contributed by atoms with van der Waals surface area (Å²) in [5.74, 6) is 1.41. The molecule has 2 rings (SSSR count). The van der Waals surface area contributed by atoms with Crippen molar-refractivity contribution in [1.29, 1.82) is 0 Å². The minimum atomic E-state index is 0.427. The number of nitrogens with zero attached hydrogens (tertiary/aromatic N) is 1. The van der Waals surface area contributed by atoms with Crippen LogP contribution in [0.25, 0.3) is 0 Å². The van der Waals surface area contributed by atoms with Crippen LogP contribution in [-0.4, -0.2) is 4.98 Å². The molecule has 0 amide bonds. The van der Waals surface area contributed by atoms with Gasteiger partial charge in [0.15, 0.2) is 0 Å². The number of benzene rings is 1. The summed E-state index contributed by atoms with van der Waals surface area (Å²) in [4.78, 5) is 4.16. The first-order chi connectivity index (χ1) is 8.19. The van der Waals surface area contributed by atoms with Crippen LogP contribution in [0, 0.1) is 6.92 Å². The van der Waals surface area contributed by atoms with E-state index >= 15 is 0 Å². The van der Waals surface area contributed by atoms with Gasteiger partial charge >= 0.3 is 0 Å². The van der Waals surface area contributed by atoms with Crippen LogP contribution in [0.15, 0.2) is 36.5 Å². The zero-order valence-corrected chi connectivity index (χ0v) is 10.2. The van der Waals surface area contributed by atoms with Gasteiger partial charge in [0.2, 0.25) is 0 Å². The lowest BCUT2D eigenvalue weighted by Crippen LogP contribution is -1.98. The molecule has 0 saturated carbocycles. The zero-order chi connectivity index (χ0) is 12.3. The highest BCUT2D eigenvalue weighted by molar-refractivity contribution is 6.30. The fraction of sp³-hybridized carbons (Fsp3) is 0.154. The number of pyridine rings is 1. The van der Waals surface area contributed by atoms with Gasteiger partial charge < -0.3 is 10.5 Å². The Bertz CT molecular complexity index is 511. The van der Waals surface area contributed by atoms with Gasteiger partial charge in [0.05, 0.1) is 11.9 Å². The molecule has 4 heteroatoms. The summed E-state index contributed by atoms with van der Waals surface area (Å²) < 4.78 is 5.70. The van der Waals surface area contributed by atoms with E-state index in [0.29, 0.717) is 17.3 Å². The van der Waals surface area contributed by atoms with E-state index in [9.17, 15) is 0 Å². The maximum absolute atomic E-state index is 5.92. The second kappa shape index (κ2) is 5.17. The summed E-state index contributed by atoms with van der Waals surface area (Å²) in [5.41, 5.74) is 7.33. The molecule has 1 aromatic heterocycles. The van der Waals surface area contributed by atoms with Gasteiger partial charge in [-0.25, -0.2) is 0 Å². The number of nitrogens with two attached hydrogens (primary N) is 1. The second-order valence-corrected chi connectivity index (χ2v) is 4.14. The first-order valence-corrected chi connectivity index (χ1v) is 5.66. The predicted octanol–water partition coefficient (Wildman–Crippen LogP) is 3.29. The molecule has 0 spiro atoms. The Labute approximate surface area is 105 Å². The standard InChI is InChI=1S/C13H13ClN2O/c1-9-2-3-10(14)6-13(9)17-12-5-4-11(7-15)16-8-12/h2-6,8H,7,15H2,1H3. The highest BCUT2D eigenvalue weighted by Crippen LogP contribution is 2.27. The highest BCUT2D eigenvalue weighted by Gasteiger charge is 2.03. The average molecular weight is 249 g/mol. The van der Waals surface area contributed by atoms with Crippen LogP contribution in [-0.2, 0) is 6.54 Å². The first-order valence-electron chi connectivity index (χ1n) is 5.28. The van der Waals surface area contributed by atoms with Crippen molar-refractivity contribution in [1.82, 2.24) is 4.98 Å². The van der Waals surface area contributed by atoms with Crippen molar-refractivity contribution in [2.45, 2.75) is 13.5 Å². The van der Waals surface area contributed by atoms with Crippen LogP contribution in [0.1, 0.15) is 11.3 Å². The monoisotopic (exact) mass is 248 g/mol. The summed E-state index contributed by atoms with van der Waals surface area (Å²) in [5, 5.41) is 0.650. The largest absolute Gasteiger partial charge is 0.455 e. The molecule has 3 nitrogen and oxygen atoms in total. The molecule has 0 aliphatic carbocycles. The third-order valence-electron chi connectivity index (χ3n) is 2.38. The fourth-order valence-corrected chi connectivity index (χ4v) is 1.56. The first kappa shape index (κ1) is 11.9. The molecule has 2 aromatic rings. The molecule has 0 saturated heterocycles. The van der Waals surface area contributed by atoms with Crippen molar-refractivity contribution in [3.8, 4) is 11.5 Å². The van der Waals surface area contributed by atoms with Gasteiger partial charge in [-0.2, -0.15) is 0 Å². The van der Waals surface area contributed by atoms with Crippen molar-refractivity contribution in [2.75, 3.05) is 0 Å². The Morgan fingerprint density at radius 2 is 2.12 bits per heavy atom. The Morgan fingerprint density at radius 1 is 1.29 bits per heavy atom. The molecule has 1 aromatic carbocycles. The van der Waals surface area contributed by atoms with Crippen molar-refractivity contribution in [3.05, 3.63) is 52.8 Å². The van der Waals surface area contributed by atoms with Gasteiger partial charge in [-0.3, -0.25) is 4.98 Å². The number of aryl methyl sites for hydroxylation is 1. The Balaban J connectivity index is 2.22. The number of hydrogen-bond acceptors (Lipinski definition) is 3. The van der Waals surface area contributed by atoms with Crippen molar-refractivity contribution < 1.29 is 4.74 Å². The lowest BCUT2D eigenvalue weighted by molar-refractivity contribution is 0.476. The lowest BCUT2D eigenvalue weighted by atomic mass is 10.2. The molecule has 0 fully saturated rings. The van der Waals surface area contributed by atoms with Crippen molar-refractivity contribution >= 4 is 11.6 Å². The average Bonchev–Trinajstić information content (AvgIpc) is 2.35. The second-order valence-electron chi connectivity index (χ2n) is 3.70. The van der Waals surface area contributed by atoms with Gasteiger partial charge in [-0.1, -0.05) is 17.7 Å². The Kier molecular flexibility index (Phi) is 3.61. The smallest absolute Gasteiger partial charge is 0.145 e. The van der Waals surface area contributed by atoms with Gasteiger partial charge in [0, 0.05) is 11.6 Å². The van der Waals surface area contributed by atoms with E-state index in [1.54, 1.807) is 12.3 Å². The van der Waals surface area contributed by atoms with Gasteiger partial charge in [0.25, 0.3) is 0 Å². The lowest BCUT2D eigenvalue weighted by Gasteiger charge is -2.08. The molecule has 2 N–H and O–H groups in total. The summed E-state index contributed by atoms with van der Waals surface area (Å²) in [6.07, 6.45) is 1.66. The summed E-state index contributed by atoms with van der Waals surface area (Å²) in [6, 6.07) is 9.22. The number of aromatic nitrogens is 1. The van der Waals surface area contributed by atoms with Crippen LogP contribution in [0.2, 0.25) is 5.02 Å². The van der Waals surface area contributed by atoms with E-state index in [4.69, 9.17) is 22.1 Å². The SMILES string of the molecule is Cc1ccc(Cl)cc1Oc1ccc(CN)nc1. The van der Waals surface area contributed by atoms with Crippen LogP contribution < -0.4 is 10.5 Å². The number of ether oxygens (including phenoxy) is 1. The molecule has 17 heavy (non-hydrogen) atoms. The predicted molar refractivity (Wildman–Crippen MR) is 68.4 cm³/mol. The van der Waals surface area contributed by atoms with E-state index < -0.39 is 0 Å². The van der Waals surface area contributed by atoms with Gasteiger partial charge in [0.1, 0.15) is 11.5 Å². The molecule has 0 aliphatic rings. The topological polar surface area (TPSA) is 48.1 Å². The van der Waals surface area contributed by atoms with Gasteiger partial charge in [-0.15, -0.1) is 0 Å². The number of halogens is 1. The number of rotatable bonds is 3. The zero-order valence-electron chi connectivity index (χ0n) is 9.48. The van der Waals surface area contributed by atoms with E-state index in [-0.39, 0.29) is 0 Å². The van der Waals surface area contributed by atoms with E-state index in [0.717, 1.165) is 17.0 Å². The summed E-state index contributed by atoms with van der Waals surface area (Å²) in [6.45, 7) is 2.39. The molecule has 0 aliphatic heterocycles. The summed E-state index contributed by atoms with van der Waals surface area (Å²) in [7, 11) is 0. The van der Waals surface area contributed by atoms with Crippen molar-refractivity contribution in [3.63, 3.8) is 0 Å². The molecule has 88 valence electrons. The summed E-state index contributed by atoms with van der Waals surface area (Å²) >= 11 is 5.92. The minimum Gasteiger partial charge on any atom is -0.455 e. The third kappa shape index (κ3) is 2.96. The maximum atomic E-state index is 5.92. The quantitative estimate of drug-likeness (QED) is 0.907. The molecule has 0 bridgehead atoms. The van der Waals surface area contributed by atoms with Crippen LogP contribution in [0.3, 0.4) is 0 Å². The highest BCUT2D eigenvalue weighted by atomic mass is 35.5. The van der Waals surface area contributed by atoms with Crippen molar-refractivity contribution in [2.24, 2.45) is 5.73 Å². The molecular formula is C13H13ClN2O. The third-order valence-corrected chi connectivity index (χ3v) is 2.62. The Morgan fingerprint density at radius 3 is 2.76 bits per heavy atom. The van der Waals surface area contributed by atoms with Gasteiger partial charge in [-0.05, 0) is 36.8 Å². The van der Waals surface area contributed by atoms with Crippen LogP contribution in [0.5, 0.6) is 11.5 Å².